The lowest BCUT2D eigenvalue weighted by Crippen LogP contribution is -2.30. The van der Waals surface area contributed by atoms with Crippen molar-refractivity contribution in [2.45, 2.75) is 13.1 Å². The molecule has 2 aromatic carbocycles. The van der Waals surface area contributed by atoms with E-state index in [0.717, 1.165) is 0 Å². The van der Waals surface area contributed by atoms with Gasteiger partial charge in [-0.25, -0.2) is 0 Å². The van der Waals surface area contributed by atoms with Gasteiger partial charge in [0.05, 0.1) is 6.61 Å². The number of rotatable bonds is 7. The zero-order chi connectivity index (χ0) is 19.9. The molecule has 0 saturated carbocycles. The fourth-order valence-corrected chi connectivity index (χ4v) is 2.02. The maximum Gasteiger partial charge on any atom is 0.471 e. The molecule has 0 saturated heterocycles. The topological polar surface area (TPSA) is 76.7 Å². The first kappa shape index (κ1) is 20.1. The minimum absolute atomic E-state index is 0.0949. The molecule has 0 unspecified atom stereocenters. The summed E-state index contributed by atoms with van der Waals surface area (Å²) in [6.45, 7) is 2.09. The number of anilines is 2. The molecule has 144 valence electrons. The first-order valence-electron chi connectivity index (χ1n) is 7.91. The Morgan fingerprint density at radius 1 is 0.926 bits per heavy atom. The highest BCUT2D eigenvalue weighted by Gasteiger charge is 2.38. The van der Waals surface area contributed by atoms with Crippen LogP contribution in [0.4, 0.5) is 24.5 Å². The summed E-state index contributed by atoms with van der Waals surface area (Å²) in [6.07, 6.45) is -5.00. The Hall–Kier alpha value is -3.23. The molecular formula is C18H17F3N2O4. The first-order valence-corrected chi connectivity index (χ1v) is 7.91. The highest BCUT2D eigenvalue weighted by Crippen LogP contribution is 2.21. The second-order valence-corrected chi connectivity index (χ2v) is 5.27. The average Bonchev–Trinajstić information content (AvgIpc) is 2.61. The molecule has 0 spiro atoms. The van der Waals surface area contributed by atoms with E-state index in [0.29, 0.717) is 18.1 Å². The second-order valence-electron chi connectivity index (χ2n) is 5.27. The Bertz CT molecular complexity index is 792. The van der Waals surface area contributed by atoms with E-state index in [4.69, 9.17) is 9.47 Å². The Morgan fingerprint density at radius 3 is 2.04 bits per heavy atom. The number of hydrogen-bond acceptors (Lipinski definition) is 4. The third-order valence-corrected chi connectivity index (χ3v) is 3.17. The van der Waals surface area contributed by atoms with E-state index in [9.17, 15) is 22.8 Å². The summed E-state index contributed by atoms with van der Waals surface area (Å²) in [5, 5.41) is 4.19. The number of ether oxygens (including phenoxy) is 2. The standard InChI is InChI=1S/C18H17F3N2O4/c1-2-26-14-6-8-15(9-7-14)27-11-16(24)22-12-4-3-5-13(10-12)23-17(25)18(19,20)21/h3-10H,2,11H2,1H3,(H,22,24)(H,23,25). The highest BCUT2D eigenvalue weighted by molar-refractivity contribution is 5.96. The van der Waals surface area contributed by atoms with Crippen LogP contribution in [0.25, 0.3) is 0 Å². The highest BCUT2D eigenvalue weighted by atomic mass is 19.4. The number of alkyl halides is 3. The molecule has 0 atom stereocenters. The molecule has 27 heavy (non-hydrogen) atoms. The maximum absolute atomic E-state index is 12.3. The minimum atomic E-state index is -5.00. The predicted octanol–water partition coefficient (Wildman–Crippen LogP) is 3.60. The van der Waals surface area contributed by atoms with Crippen LogP contribution in [-0.2, 0) is 9.59 Å². The largest absolute Gasteiger partial charge is 0.494 e. The number of carbonyl (C=O) groups excluding carboxylic acids is 2. The van der Waals surface area contributed by atoms with Crippen molar-refractivity contribution >= 4 is 23.2 Å². The fourth-order valence-electron chi connectivity index (χ4n) is 2.02. The molecule has 2 aromatic rings. The van der Waals surface area contributed by atoms with Crippen LogP contribution in [-0.4, -0.2) is 31.2 Å². The van der Waals surface area contributed by atoms with Crippen LogP contribution in [0.2, 0.25) is 0 Å². The molecule has 0 aromatic heterocycles. The van der Waals surface area contributed by atoms with Gasteiger partial charge in [0.2, 0.25) is 0 Å². The lowest BCUT2D eigenvalue weighted by molar-refractivity contribution is -0.167. The second kappa shape index (κ2) is 8.93. The van der Waals surface area contributed by atoms with Crippen LogP contribution in [0, 0.1) is 0 Å². The van der Waals surface area contributed by atoms with Gasteiger partial charge in [-0.3, -0.25) is 9.59 Å². The van der Waals surface area contributed by atoms with Gasteiger partial charge >= 0.3 is 12.1 Å². The van der Waals surface area contributed by atoms with E-state index >= 15 is 0 Å². The van der Waals surface area contributed by atoms with Gasteiger partial charge in [0.25, 0.3) is 5.91 Å². The fraction of sp³-hybridized carbons (Fsp3) is 0.222. The van der Waals surface area contributed by atoms with Crippen molar-refractivity contribution in [3.8, 4) is 11.5 Å². The lowest BCUT2D eigenvalue weighted by Gasteiger charge is -2.11. The summed E-state index contributed by atoms with van der Waals surface area (Å²) in [7, 11) is 0. The predicted molar refractivity (Wildman–Crippen MR) is 92.9 cm³/mol. The van der Waals surface area contributed by atoms with Gasteiger partial charge in [-0.05, 0) is 49.4 Å². The molecule has 0 aliphatic rings. The molecule has 0 radical (unpaired) electrons. The molecule has 2 rings (SSSR count). The van der Waals surface area contributed by atoms with Crippen molar-refractivity contribution in [2.24, 2.45) is 0 Å². The first-order chi connectivity index (χ1) is 12.8. The lowest BCUT2D eigenvalue weighted by atomic mass is 10.2. The molecule has 2 N–H and O–H groups in total. The van der Waals surface area contributed by atoms with Crippen molar-refractivity contribution in [3.05, 3.63) is 48.5 Å². The monoisotopic (exact) mass is 382 g/mol. The molecule has 0 aliphatic heterocycles. The Kier molecular flexibility index (Phi) is 6.64. The van der Waals surface area contributed by atoms with Gasteiger partial charge in [-0.1, -0.05) is 6.07 Å². The summed E-state index contributed by atoms with van der Waals surface area (Å²) >= 11 is 0. The van der Waals surface area contributed by atoms with Crippen molar-refractivity contribution < 1.29 is 32.2 Å². The van der Waals surface area contributed by atoms with Crippen molar-refractivity contribution in [1.29, 1.82) is 0 Å². The van der Waals surface area contributed by atoms with Gasteiger partial charge in [0.1, 0.15) is 11.5 Å². The van der Waals surface area contributed by atoms with Gasteiger partial charge in [-0.15, -0.1) is 0 Å². The molecule has 9 heteroatoms. The van der Waals surface area contributed by atoms with Gasteiger partial charge in [0, 0.05) is 11.4 Å². The van der Waals surface area contributed by atoms with Crippen LogP contribution >= 0.6 is 0 Å². The Balaban J connectivity index is 1.88. The molecular weight excluding hydrogens is 365 g/mol. The Labute approximate surface area is 153 Å². The third-order valence-electron chi connectivity index (χ3n) is 3.17. The van der Waals surface area contributed by atoms with E-state index in [-0.39, 0.29) is 18.0 Å². The van der Waals surface area contributed by atoms with E-state index in [2.05, 4.69) is 5.32 Å². The van der Waals surface area contributed by atoms with E-state index in [1.165, 1.54) is 24.3 Å². The number of benzene rings is 2. The molecule has 0 heterocycles. The minimum Gasteiger partial charge on any atom is -0.494 e. The van der Waals surface area contributed by atoms with Gasteiger partial charge < -0.3 is 20.1 Å². The van der Waals surface area contributed by atoms with Crippen LogP contribution in [0.1, 0.15) is 6.92 Å². The smallest absolute Gasteiger partial charge is 0.471 e. The van der Waals surface area contributed by atoms with Crippen LogP contribution < -0.4 is 20.1 Å². The van der Waals surface area contributed by atoms with Crippen LogP contribution in [0.15, 0.2) is 48.5 Å². The summed E-state index contributed by atoms with van der Waals surface area (Å²) in [5.41, 5.74) is 0.123. The quantitative estimate of drug-likeness (QED) is 0.767. The van der Waals surface area contributed by atoms with E-state index in [1.807, 2.05) is 6.92 Å². The molecule has 0 fully saturated rings. The number of hydrogen-bond donors (Lipinski definition) is 2. The normalized spacial score (nSPS) is 10.8. The van der Waals surface area contributed by atoms with Gasteiger partial charge in [-0.2, -0.15) is 13.2 Å². The summed E-state index contributed by atoms with van der Waals surface area (Å²) in [6, 6.07) is 12.0. The maximum atomic E-state index is 12.3. The van der Waals surface area contributed by atoms with Crippen molar-refractivity contribution in [2.75, 3.05) is 23.8 Å². The third kappa shape index (κ3) is 6.53. The van der Waals surface area contributed by atoms with Crippen molar-refractivity contribution in [3.63, 3.8) is 0 Å². The SMILES string of the molecule is CCOc1ccc(OCC(=O)Nc2cccc(NC(=O)C(F)(F)F)c2)cc1. The van der Waals surface area contributed by atoms with Crippen LogP contribution in [0.5, 0.6) is 11.5 Å². The summed E-state index contributed by atoms with van der Waals surface area (Å²) in [4.78, 5) is 22.9. The Morgan fingerprint density at radius 2 is 1.48 bits per heavy atom. The molecule has 6 nitrogen and oxygen atoms in total. The average molecular weight is 382 g/mol. The van der Waals surface area contributed by atoms with Crippen LogP contribution in [0.3, 0.4) is 0 Å². The van der Waals surface area contributed by atoms with Crippen molar-refractivity contribution in [1.82, 2.24) is 0 Å². The number of halogens is 3. The molecule has 0 aliphatic carbocycles. The number of amides is 2. The zero-order valence-corrected chi connectivity index (χ0v) is 14.3. The number of nitrogens with one attached hydrogen (secondary N) is 2. The van der Waals surface area contributed by atoms with E-state index in [1.54, 1.807) is 29.6 Å². The summed E-state index contributed by atoms with van der Waals surface area (Å²) < 4.78 is 47.4. The molecule has 0 bridgehead atoms. The number of carbonyl (C=O) groups is 2. The summed E-state index contributed by atoms with van der Waals surface area (Å²) in [5.74, 6) is -1.47. The van der Waals surface area contributed by atoms with Gasteiger partial charge in [0.15, 0.2) is 6.61 Å². The zero-order valence-electron chi connectivity index (χ0n) is 14.3. The molecule has 2 amide bonds. The van der Waals surface area contributed by atoms with E-state index < -0.39 is 18.0 Å².